The first-order chi connectivity index (χ1) is 21.1. The normalized spacial score (nSPS) is 21.3. The van der Waals surface area contributed by atoms with E-state index in [1.807, 2.05) is 46.9 Å². The molecule has 0 aliphatic carbocycles. The van der Waals surface area contributed by atoms with Gasteiger partial charge in [-0.05, 0) is 58.5 Å². The van der Waals surface area contributed by atoms with Crippen LogP contribution in [0, 0.1) is 19.7 Å². The van der Waals surface area contributed by atoms with Crippen LogP contribution in [0.3, 0.4) is 0 Å². The van der Waals surface area contributed by atoms with E-state index in [0.717, 1.165) is 28.7 Å². The van der Waals surface area contributed by atoms with Crippen molar-refractivity contribution in [1.29, 1.82) is 0 Å². The predicted octanol–water partition coefficient (Wildman–Crippen LogP) is 4.90. The number of anilines is 1. The third-order valence-electron chi connectivity index (χ3n) is 8.67. The number of ether oxygens (including phenoxy) is 2. The van der Waals surface area contributed by atoms with Crippen LogP contribution in [0.25, 0.3) is 32.9 Å². The highest BCUT2D eigenvalue weighted by Gasteiger charge is 2.34. The monoisotopic (exact) mass is 621 g/mol. The molecule has 2 saturated heterocycles. The number of aromatic nitrogens is 4. The van der Waals surface area contributed by atoms with E-state index in [2.05, 4.69) is 31.6 Å². The van der Waals surface area contributed by atoms with E-state index in [1.54, 1.807) is 11.0 Å². The maximum Gasteiger partial charge on any atom is 0.319 e. The minimum absolute atomic E-state index is 0.0513. The first-order valence-electron chi connectivity index (χ1n) is 14.8. The molecule has 1 amide bonds. The third kappa shape index (κ3) is 5.37. The standard InChI is InChI=1S/C32H37ClFN7O3/c1-7-25(42)40-13-19(4)41(14-18(40)3)31-22-12-23(33)28(26-17(2)8-9-24-27(26)20(5)37-38-24)29(34)30(22)35-32(36-31)44-16-21-15-39(6)10-11-43-21/h7-9,12,18-19,21H,1,10-11,13-16H2,2-6H3,(H,37,38)/t18-,19+,21+/m1/s1. The van der Waals surface area contributed by atoms with Crippen LogP contribution < -0.4 is 9.64 Å². The van der Waals surface area contributed by atoms with Crippen LogP contribution in [0.2, 0.25) is 5.02 Å². The number of halogens is 2. The Balaban J connectivity index is 1.50. The molecule has 3 atom stereocenters. The molecule has 4 aromatic rings. The first-order valence-corrected chi connectivity index (χ1v) is 15.2. The van der Waals surface area contributed by atoms with Crippen molar-refractivity contribution in [2.45, 2.75) is 45.9 Å². The van der Waals surface area contributed by atoms with Gasteiger partial charge < -0.3 is 24.2 Å². The topological polar surface area (TPSA) is 99.7 Å². The molecule has 10 nitrogen and oxygen atoms in total. The fourth-order valence-corrected chi connectivity index (χ4v) is 6.64. The van der Waals surface area contributed by atoms with Crippen molar-refractivity contribution in [2.75, 3.05) is 51.3 Å². The van der Waals surface area contributed by atoms with Gasteiger partial charge in [-0.2, -0.15) is 15.1 Å². The SMILES string of the molecule is C=CC(=O)N1C[C@H](C)N(c2nc(OC[C@@H]3CN(C)CCO3)nc3c(F)c(-c4c(C)ccc5[nH]nc(C)c45)c(Cl)cc23)C[C@H]1C. The first kappa shape index (κ1) is 30.2. The van der Waals surface area contributed by atoms with Gasteiger partial charge in [-0.15, -0.1) is 0 Å². The molecule has 0 spiro atoms. The quantitative estimate of drug-likeness (QED) is 0.304. The number of piperazine rings is 1. The Morgan fingerprint density at radius 1 is 1.20 bits per heavy atom. The van der Waals surface area contributed by atoms with Crippen molar-refractivity contribution >= 4 is 45.1 Å². The number of benzene rings is 2. The summed E-state index contributed by atoms with van der Waals surface area (Å²) in [5.74, 6) is -0.193. The van der Waals surface area contributed by atoms with Crippen molar-refractivity contribution in [3.8, 4) is 17.1 Å². The summed E-state index contributed by atoms with van der Waals surface area (Å²) in [5.41, 5.74) is 3.41. The van der Waals surface area contributed by atoms with Gasteiger partial charge in [0, 0.05) is 60.2 Å². The number of morpholine rings is 1. The largest absolute Gasteiger partial charge is 0.461 e. The minimum Gasteiger partial charge on any atom is -0.461 e. The molecular weight excluding hydrogens is 585 g/mol. The molecule has 0 radical (unpaired) electrons. The average molecular weight is 622 g/mol. The molecule has 2 aliphatic rings. The number of rotatable bonds is 6. The van der Waals surface area contributed by atoms with Crippen molar-refractivity contribution in [1.82, 2.24) is 30.0 Å². The van der Waals surface area contributed by atoms with Crippen LogP contribution in [-0.2, 0) is 9.53 Å². The maximum atomic E-state index is 16.9. The van der Waals surface area contributed by atoms with E-state index in [9.17, 15) is 4.79 Å². The Labute approximate surface area is 260 Å². The number of aryl methyl sites for hydroxylation is 2. The number of carbonyl (C=O) groups excluding carboxylic acids is 1. The number of likely N-dealkylation sites (N-methyl/N-ethyl adjacent to an activating group) is 1. The maximum absolute atomic E-state index is 16.9. The van der Waals surface area contributed by atoms with Gasteiger partial charge in [0.15, 0.2) is 5.82 Å². The van der Waals surface area contributed by atoms with Gasteiger partial charge in [-0.1, -0.05) is 24.2 Å². The Bertz CT molecular complexity index is 1760. The number of aromatic amines is 1. The molecule has 2 aromatic heterocycles. The van der Waals surface area contributed by atoms with Crippen molar-refractivity contribution < 1.29 is 18.7 Å². The summed E-state index contributed by atoms with van der Waals surface area (Å²) in [6, 6.07) is 5.36. The Hall–Kier alpha value is -3.80. The Kier molecular flexibility index (Phi) is 8.21. The van der Waals surface area contributed by atoms with Crippen LogP contribution in [-0.4, -0.2) is 101 Å². The van der Waals surface area contributed by atoms with Crippen molar-refractivity contribution in [3.05, 3.63) is 53.0 Å². The third-order valence-corrected chi connectivity index (χ3v) is 8.97. The fourth-order valence-electron chi connectivity index (χ4n) is 6.35. The number of amides is 1. The number of nitrogens with one attached hydrogen (secondary N) is 1. The molecule has 2 fully saturated rings. The van der Waals surface area contributed by atoms with Gasteiger partial charge in [-0.3, -0.25) is 9.89 Å². The molecule has 0 bridgehead atoms. The molecule has 12 heteroatoms. The fraction of sp³-hybridized carbons (Fsp3) is 0.438. The molecule has 4 heterocycles. The van der Waals surface area contributed by atoms with Crippen LogP contribution in [0.15, 0.2) is 30.9 Å². The van der Waals surface area contributed by atoms with Gasteiger partial charge in [0.25, 0.3) is 0 Å². The second-order valence-corrected chi connectivity index (χ2v) is 12.3. The van der Waals surface area contributed by atoms with E-state index in [-0.39, 0.29) is 52.8 Å². The van der Waals surface area contributed by atoms with E-state index in [1.165, 1.54) is 6.08 Å². The van der Waals surface area contributed by atoms with Gasteiger partial charge >= 0.3 is 6.01 Å². The minimum atomic E-state index is -0.563. The van der Waals surface area contributed by atoms with Crippen LogP contribution >= 0.6 is 11.6 Å². The number of nitrogens with zero attached hydrogens (tertiary/aromatic N) is 6. The lowest BCUT2D eigenvalue weighted by Crippen LogP contribution is -2.58. The summed E-state index contributed by atoms with van der Waals surface area (Å²) >= 11 is 6.95. The molecule has 0 unspecified atom stereocenters. The second kappa shape index (κ2) is 11.9. The number of hydrogen-bond acceptors (Lipinski definition) is 8. The molecule has 2 aromatic carbocycles. The molecule has 1 N–H and O–H groups in total. The highest BCUT2D eigenvalue weighted by atomic mass is 35.5. The number of fused-ring (bicyclic) bond motifs is 2. The number of hydrogen-bond donors (Lipinski definition) is 1. The highest BCUT2D eigenvalue weighted by Crippen LogP contribution is 2.43. The molecular formula is C32H37ClFN7O3. The summed E-state index contributed by atoms with van der Waals surface area (Å²) in [6.45, 7) is 14.7. The van der Waals surface area contributed by atoms with E-state index >= 15 is 4.39 Å². The molecule has 232 valence electrons. The van der Waals surface area contributed by atoms with E-state index in [0.29, 0.717) is 43.0 Å². The van der Waals surface area contributed by atoms with Crippen molar-refractivity contribution in [2.24, 2.45) is 0 Å². The zero-order valence-corrected chi connectivity index (χ0v) is 26.4. The summed E-state index contributed by atoms with van der Waals surface area (Å²) in [5, 5.41) is 8.89. The lowest BCUT2D eigenvalue weighted by molar-refractivity contribution is -0.128. The summed E-state index contributed by atoms with van der Waals surface area (Å²) in [7, 11) is 2.03. The Morgan fingerprint density at radius 2 is 2.00 bits per heavy atom. The van der Waals surface area contributed by atoms with Gasteiger partial charge in [0.2, 0.25) is 5.91 Å². The molecule has 44 heavy (non-hydrogen) atoms. The van der Waals surface area contributed by atoms with Crippen LogP contribution in [0.1, 0.15) is 25.1 Å². The highest BCUT2D eigenvalue weighted by molar-refractivity contribution is 6.35. The summed E-state index contributed by atoms with van der Waals surface area (Å²) in [4.78, 5) is 28.0. The number of carbonyl (C=O) groups is 1. The second-order valence-electron chi connectivity index (χ2n) is 11.9. The van der Waals surface area contributed by atoms with Gasteiger partial charge in [0.05, 0.1) is 22.8 Å². The molecule has 6 rings (SSSR count). The predicted molar refractivity (Wildman–Crippen MR) is 170 cm³/mol. The molecule has 0 saturated carbocycles. The number of H-pyrrole nitrogens is 1. The zero-order valence-electron chi connectivity index (χ0n) is 25.7. The van der Waals surface area contributed by atoms with Crippen LogP contribution in [0.4, 0.5) is 10.2 Å². The lowest BCUT2D eigenvalue weighted by atomic mass is 9.94. The van der Waals surface area contributed by atoms with E-state index < -0.39 is 5.82 Å². The van der Waals surface area contributed by atoms with E-state index in [4.69, 9.17) is 26.1 Å². The van der Waals surface area contributed by atoms with Gasteiger partial charge in [0.1, 0.15) is 24.0 Å². The average Bonchev–Trinajstić information content (AvgIpc) is 3.38. The van der Waals surface area contributed by atoms with Gasteiger partial charge in [-0.25, -0.2) is 4.39 Å². The summed E-state index contributed by atoms with van der Waals surface area (Å²) in [6.07, 6.45) is 1.16. The smallest absolute Gasteiger partial charge is 0.319 e. The summed E-state index contributed by atoms with van der Waals surface area (Å²) < 4.78 is 28.9. The lowest BCUT2D eigenvalue weighted by Gasteiger charge is -2.44. The zero-order chi connectivity index (χ0) is 31.3. The Morgan fingerprint density at radius 3 is 2.75 bits per heavy atom. The molecule has 2 aliphatic heterocycles. The van der Waals surface area contributed by atoms with Crippen molar-refractivity contribution in [3.63, 3.8) is 0 Å². The van der Waals surface area contributed by atoms with Crippen LogP contribution in [0.5, 0.6) is 6.01 Å².